The molecule has 0 spiro atoms. The van der Waals surface area contributed by atoms with Gasteiger partial charge in [-0.3, -0.25) is 4.98 Å². The Hall–Kier alpha value is -0.840. The van der Waals surface area contributed by atoms with Gasteiger partial charge in [-0.2, -0.15) is 0 Å². The van der Waals surface area contributed by atoms with Crippen LogP contribution in [0.25, 0.3) is 0 Å². The summed E-state index contributed by atoms with van der Waals surface area (Å²) in [5, 5.41) is 3.54. The van der Waals surface area contributed by atoms with Crippen molar-refractivity contribution in [3.05, 3.63) is 52.8 Å². The lowest BCUT2D eigenvalue weighted by atomic mass is 10.1. The molecule has 112 valence electrons. The number of nitrogens with one attached hydrogen (secondary N) is 1. The molecule has 1 aromatic carbocycles. The van der Waals surface area contributed by atoms with E-state index >= 15 is 0 Å². The maximum absolute atomic E-state index is 4.63. The fourth-order valence-corrected chi connectivity index (χ4v) is 3.42. The second-order valence-corrected chi connectivity index (χ2v) is 6.84. The molecule has 0 saturated carbocycles. The van der Waals surface area contributed by atoms with Crippen LogP contribution in [0.2, 0.25) is 0 Å². The summed E-state index contributed by atoms with van der Waals surface area (Å²) in [6.07, 6.45) is 4.17. The zero-order chi connectivity index (χ0) is 15.1. The predicted octanol–water partition coefficient (Wildman–Crippen LogP) is 5.45. The first-order chi connectivity index (χ1) is 10.2. The number of pyridine rings is 1. The summed E-state index contributed by atoms with van der Waals surface area (Å²) in [7, 11) is 0. The minimum absolute atomic E-state index is 0.354. The highest BCUT2D eigenvalue weighted by Crippen LogP contribution is 2.33. The Kier molecular flexibility index (Phi) is 6.74. The SMILES string of the molecule is CCCNC(CC)c1ccc(Sc2ccccc2Br)cn1. The molecule has 1 atom stereocenters. The van der Waals surface area contributed by atoms with Gasteiger partial charge in [-0.05, 0) is 59.6 Å². The van der Waals surface area contributed by atoms with Crippen LogP contribution in [-0.2, 0) is 0 Å². The molecule has 1 aromatic heterocycles. The molecule has 2 nitrogen and oxygen atoms in total. The molecule has 2 rings (SSSR count). The van der Waals surface area contributed by atoms with Crippen molar-refractivity contribution in [3.63, 3.8) is 0 Å². The van der Waals surface area contributed by atoms with E-state index in [9.17, 15) is 0 Å². The van der Waals surface area contributed by atoms with Crippen LogP contribution >= 0.6 is 27.7 Å². The van der Waals surface area contributed by atoms with E-state index in [1.54, 1.807) is 11.8 Å². The van der Waals surface area contributed by atoms with Crippen molar-refractivity contribution in [1.82, 2.24) is 10.3 Å². The number of halogens is 1. The summed E-state index contributed by atoms with van der Waals surface area (Å²) in [5.74, 6) is 0. The third-order valence-corrected chi connectivity index (χ3v) is 5.24. The first-order valence-corrected chi connectivity index (χ1v) is 8.97. The molecule has 0 amide bonds. The molecule has 0 bridgehead atoms. The van der Waals surface area contributed by atoms with Gasteiger partial charge in [0.2, 0.25) is 0 Å². The summed E-state index contributed by atoms with van der Waals surface area (Å²) >= 11 is 5.31. The Balaban J connectivity index is 2.06. The highest BCUT2D eigenvalue weighted by atomic mass is 79.9. The molecule has 0 saturated heterocycles. The Bertz CT molecular complexity index is 557. The lowest BCUT2D eigenvalue weighted by molar-refractivity contribution is 0.507. The van der Waals surface area contributed by atoms with Crippen LogP contribution in [-0.4, -0.2) is 11.5 Å². The summed E-state index contributed by atoms with van der Waals surface area (Å²) < 4.78 is 1.12. The van der Waals surface area contributed by atoms with Crippen LogP contribution in [0, 0.1) is 0 Å². The van der Waals surface area contributed by atoms with E-state index in [2.05, 4.69) is 70.4 Å². The molecule has 21 heavy (non-hydrogen) atoms. The highest BCUT2D eigenvalue weighted by Gasteiger charge is 2.10. The first-order valence-electron chi connectivity index (χ1n) is 7.36. The fraction of sp³-hybridized carbons (Fsp3) is 0.353. The van der Waals surface area contributed by atoms with Gasteiger partial charge in [0.05, 0.1) is 5.69 Å². The number of hydrogen-bond acceptors (Lipinski definition) is 3. The molecule has 1 unspecified atom stereocenters. The maximum atomic E-state index is 4.63. The summed E-state index contributed by atoms with van der Waals surface area (Å²) in [6.45, 7) is 5.41. The van der Waals surface area contributed by atoms with E-state index in [0.29, 0.717) is 6.04 Å². The van der Waals surface area contributed by atoms with E-state index in [1.165, 1.54) is 4.90 Å². The Morgan fingerprint density at radius 1 is 1.19 bits per heavy atom. The summed E-state index contributed by atoms with van der Waals surface area (Å²) in [5.41, 5.74) is 1.13. The smallest absolute Gasteiger partial charge is 0.0573 e. The summed E-state index contributed by atoms with van der Waals surface area (Å²) in [4.78, 5) is 7.00. The molecular weight excluding hydrogens is 344 g/mol. The molecule has 0 aliphatic heterocycles. The molecule has 0 aliphatic carbocycles. The molecule has 0 fully saturated rings. The van der Waals surface area contributed by atoms with Gasteiger partial charge in [0.15, 0.2) is 0 Å². The van der Waals surface area contributed by atoms with E-state index < -0.39 is 0 Å². The summed E-state index contributed by atoms with van der Waals surface area (Å²) in [6, 6.07) is 12.9. The molecule has 4 heteroatoms. The van der Waals surface area contributed by atoms with Crippen LogP contribution in [0.5, 0.6) is 0 Å². The van der Waals surface area contributed by atoms with Crippen molar-refractivity contribution >= 4 is 27.7 Å². The third-order valence-electron chi connectivity index (χ3n) is 3.23. The Morgan fingerprint density at radius 2 is 2.00 bits per heavy atom. The van der Waals surface area contributed by atoms with Gasteiger partial charge in [0, 0.05) is 26.5 Å². The van der Waals surface area contributed by atoms with Gasteiger partial charge >= 0.3 is 0 Å². The van der Waals surface area contributed by atoms with Crippen LogP contribution in [0.15, 0.2) is 56.9 Å². The van der Waals surface area contributed by atoms with Crippen LogP contribution in [0.4, 0.5) is 0 Å². The van der Waals surface area contributed by atoms with E-state index in [4.69, 9.17) is 0 Å². The average Bonchev–Trinajstić information content (AvgIpc) is 2.52. The average molecular weight is 365 g/mol. The fourth-order valence-electron chi connectivity index (χ4n) is 2.09. The molecule has 2 aromatic rings. The highest BCUT2D eigenvalue weighted by molar-refractivity contribution is 9.10. The van der Waals surface area contributed by atoms with E-state index in [1.807, 2.05) is 12.3 Å². The number of nitrogens with zero attached hydrogens (tertiary/aromatic N) is 1. The second-order valence-electron chi connectivity index (χ2n) is 4.87. The number of rotatable bonds is 7. The van der Waals surface area contributed by atoms with Crippen LogP contribution < -0.4 is 5.32 Å². The largest absolute Gasteiger partial charge is 0.309 e. The quantitative estimate of drug-likeness (QED) is 0.707. The minimum Gasteiger partial charge on any atom is -0.309 e. The molecule has 0 aliphatic rings. The lowest BCUT2D eigenvalue weighted by Gasteiger charge is -2.16. The van der Waals surface area contributed by atoms with Gasteiger partial charge in [-0.25, -0.2) is 0 Å². The number of benzene rings is 1. The van der Waals surface area contributed by atoms with Crippen molar-refractivity contribution in [3.8, 4) is 0 Å². The standard InChI is InChI=1S/C17H21BrN2S/c1-3-11-19-15(4-2)16-10-9-13(12-20-16)21-17-8-6-5-7-14(17)18/h5-10,12,15,19H,3-4,11H2,1-2H3. The molecular formula is C17H21BrN2S. The van der Waals surface area contributed by atoms with Crippen molar-refractivity contribution in [2.45, 2.75) is 42.5 Å². The zero-order valence-electron chi connectivity index (χ0n) is 12.5. The van der Waals surface area contributed by atoms with Gasteiger partial charge in [-0.15, -0.1) is 0 Å². The molecule has 1 heterocycles. The van der Waals surface area contributed by atoms with Crippen molar-refractivity contribution in [2.75, 3.05) is 6.54 Å². The van der Waals surface area contributed by atoms with Gasteiger partial charge in [0.25, 0.3) is 0 Å². The normalized spacial score (nSPS) is 12.3. The molecule has 0 radical (unpaired) electrons. The number of hydrogen-bond donors (Lipinski definition) is 1. The monoisotopic (exact) mass is 364 g/mol. The second kappa shape index (κ2) is 8.57. The maximum Gasteiger partial charge on any atom is 0.0573 e. The lowest BCUT2D eigenvalue weighted by Crippen LogP contribution is -2.22. The first kappa shape index (κ1) is 16.5. The topological polar surface area (TPSA) is 24.9 Å². The predicted molar refractivity (Wildman–Crippen MR) is 93.8 cm³/mol. The van der Waals surface area contributed by atoms with Crippen LogP contribution in [0.1, 0.15) is 38.4 Å². The minimum atomic E-state index is 0.354. The van der Waals surface area contributed by atoms with Gasteiger partial charge < -0.3 is 5.32 Å². The van der Waals surface area contributed by atoms with Gasteiger partial charge in [-0.1, -0.05) is 37.7 Å². The van der Waals surface area contributed by atoms with Crippen molar-refractivity contribution in [1.29, 1.82) is 0 Å². The van der Waals surface area contributed by atoms with Crippen LogP contribution in [0.3, 0.4) is 0 Å². The Labute approximate surface area is 139 Å². The van der Waals surface area contributed by atoms with E-state index in [-0.39, 0.29) is 0 Å². The van der Waals surface area contributed by atoms with Crippen molar-refractivity contribution in [2.24, 2.45) is 0 Å². The third kappa shape index (κ3) is 4.83. The number of aromatic nitrogens is 1. The molecule has 1 N–H and O–H groups in total. The zero-order valence-corrected chi connectivity index (χ0v) is 14.9. The van der Waals surface area contributed by atoms with Crippen molar-refractivity contribution < 1.29 is 0 Å². The van der Waals surface area contributed by atoms with E-state index in [0.717, 1.165) is 34.4 Å². The van der Waals surface area contributed by atoms with Gasteiger partial charge in [0.1, 0.15) is 0 Å². The Morgan fingerprint density at radius 3 is 2.62 bits per heavy atom.